The van der Waals surface area contributed by atoms with Gasteiger partial charge in [0, 0.05) is 17.9 Å². The topological polar surface area (TPSA) is 54.4 Å². The summed E-state index contributed by atoms with van der Waals surface area (Å²) in [7, 11) is 0. The van der Waals surface area contributed by atoms with Gasteiger partial charge in [0.15, 0.2) is 0 Å². The molecule has 3 nitrogen and oxygen atoms in total. The highest BCUT2D eigenvalue weighted by Gasteiger charge is 2.27. The molecule has 27 heavy (non-hydrogen) atoms. The van der Waals surface area contributed by atoms with Gasteiger partial charge in [-0.3, -0.25) is 9.59 Å². The number of unbranched alkanes of at least 4 members (excludes halogenated alkanes) is 1. The van der Waals surface area contributed by atoms with Crippen LogP contribution >= 0.6 is 11.6 Å². The van der Waals surface area contributed by atoms with E-state index in [2.05, 4.69) is 13.0 Å². The molecule has 2 rings (SSSR count). The molecule has 0 spiro atoms. The molecule has 1 fully saturated rings. The van der Waals surface area contributed by atoms with Gasteiger partial charge in [-0.2, -0.15) is 0 Å². The number of Topliss-reactive ketones (excluding diaryl/α,β-unsaturated/α-hetero) is 1. The Kier molecular flexibility index (Phi) is 9.06. The molecule has 0 radical (unpaired) electrons. The number of rotatable bonds is 10. The molecule has 2 aliphatic rings. The summed E-state index contributed by atoms with van der Waals surface area (Å²) in [6.07, 6.45) is 20.8. The van der Waals surface area contributed by atoms with Gasteiger partial charge in [0.2, 0.25) is 5.78 Å². The van der Waals surface area contributed by atoms with Crippen molar-refractivity contribution in [1.82, 2.24) is 0 Å². The van der Waals surface area contributed by atoms with Crippen LogP contribution in [0.3, 0.4) is 0 Å². The standard InChI is InChI=1S/C23H31ClO3/c1-2-8-17-13-14-18(15-17)9-7-11-20-19(16-21(24)23(20)27)10-5-3-4-6-12-22(25)26/h3,5,7,9,11,16-19H,2,4,6,8,10,12-15H2,1H3,(H,25,26). The highest BCUT2D eigenvalue weighted by atomic mass is 35.5. The largest absolute Gasteiger partial charge is 0.481 e. The zero-order valence-corrected chi connectivity index (χ0v) is 17.0. The Morgan fingerprint density at radius 3 is 2.89 bits per heavy atom. The van der Waals surface area contributed by atoms with Crippen molar-refractivity contribution in [3.8, 4) is 0 Å². The lowest BCUT2D eigenvalue weighted by Gasteiger charge is -2.07. The molecule has 0 saturated heterocycles. The lowest BCUT2D eigenvalue weighted by molar-refractivity contribution is -0.137. The molecule has 1 saturated carbocycles. The quantitative estimate of drug-likeness (QED) is 0.274. The molecule has 0 amide bonds. The predicted molar refractivity (Wildman–Crippen MR) is 111 cm³/mol. The Balaban J connectivity index is 1.86. The number of allylic oxidation sites excluding steroid dienone is 8. The van der Waals surface area contributed by atoms with Crippen LogP contribution in [0.4, 0.5) is 0 Å². The SMILES string of the molecule is CCCC1CCC(C=CC=C2C(=O)C(Cl)=CC2CC=CCCCC(=O)O)C1. The van der Waals surface area contributed by atoms with E-state index in [1.807, 2.05) is 30.4 Å². The van der Waals surface area contributed by atoms with Crippen molar-refractivity contribution in [3.05, 3.63) is 47.1 Å². The highest BCUT2D eigenvalue weighted by Crippen LogP contribution is 2.35. The third-order valence-electron chi connectivity index (χ3n) is 5.48. The van der Waals surface area contributed by atoms with Gasteiger partial charge in [-0.25, -0.2) is 0 Å². The molecule has 0 aromatic heterocycles. The van der Waals surface area contributed by atoms with E-state index in [-0.39, 0.29) is 18.1 Å². The van der Waals surface area contributed by atoms with E-state index in [0.29, 0.717) is 17.4 Å². The minimum atomic E-state index is -0.764. The average molecular weight is 391 g/mol. The van der Waals surface area contributed by atoms with Crippen molar-refractivity contribution in [2.24, 2.45) is 17.8 Å². The van der Waals surface area contributed by atoms with E-state index < -0.39 is 5.97 Å². The molecule has 0 aromatic rings. The Morgan fingerprint density at radius 2 is 2.15 bits per heavy atom. The molecule has 4 heteroatoms. The fourth-order valence-corrected chi connectivity index (χ4v) is 4.31. The predicted octanol–water partition coefficient (Wildman–Crippen LogP) is 6.21. The van der Waals surface area contributed by atoms with Crippen molar-refractivity contribution >= 4 is 23.4 Å². The van der Waals surface area contributed by atoms with E-state index in [4.69, 9.17) is 16.7 Å². The third-order valence-corrected chi connectivity index (χ3v) is 5.78. The van der Waals surface area contributed by atoms with Crippen molar-refractivity contribution in [1.29, 1.82) is 0 Å². The number of hydrogen-bond donors (Lipinski definition) is 1. The first-order valence-electron chi connectivity index (χ1n) is 10.2. The van der Waals surface area contributed by atoms with Gasteiger partial charge < -0.3 is 5.11 Å². The maximum atomic E-state index is 12.3. The fourth-order valence-electron chi connectivity index (χ4n) is 4.05. The summed E-state index contributed by atoms with van der Waals surface area (Å²) >= 11 is 6.07. The van der Waals surface area contributed by atoms with Crippen molar-refractivity contribution in [2.45, 2.75) is 64.7 Å². The summed E-state index contributed by atoms with van der Waals surface area (Å²) in [6.45, 7) is 2.25. The number of carbonyl (C=O) groups excluding carboxylic acids is 1. The molecule has 3 unspecified atom stereocenters. The summed E-state index contributed by atoms with van der Waals surface area (Å²) in [5.41, 5.74) is 0.759. The summed E-state index contributed by atoms with van der Waals surface area (Å²) < 4.78 is 0. The van der Waals surface area contributed by atoms with Gasteiger partial charge in [0.05, 0.1) is 5.03 Å². The molecule has 148 valence electrons. The van der Waals surface area contributed by atoms with Crippen molar-refractivity contribution in [3.63, 3.8) is 0 Å². The van der Waals surface area contributed by atoms with Crippen LogP contribution in [0.2, 0.25) is 0 Å². The minimum absolute atomic E-state index is 0.0155. The zero-order chi connectivity index (χ0) is 19.6. The Labute approximate surface area is 167 Å². The van der Waals surface area contributed by atoms with Gasteiger partial charge in [-0.15, -0.1) is 0 Å². The molecular weight excluding hydrogens is 360 g/mol. The van der Waals surface area contributed by atoms with E-state index in [0.717, 1.165) is 24.3 Å². The maximum absolute atomic E-state index is 12.3. The van der Waals surface area contributed by atoms with Crippen molar-refractivity contribution < 1.29 is 14.7 Å². The number of halogens is 1. The smallest absolute Gasteiger partial charge is 0.303 e. The Hall–Kier alpha value is -1.61. The van der Waals surface area contributed by atoms with Gasteiger partial charge >= 0.3 is 5.97 Å². The molecule has 0 heterocycles. The van der Waals surface area contributed by atoms with Crippen LogP contribution in [0.25, 0.3) is 0 Å². The Morgan fingerprint density at radius 1 is 1.33 bits per heavy atom. The van der Waals surface area contributed by atoms with E-state index >= 15 is 0 Å². The second-order valence-electron chi connectivity index (χ2n) is 7.68. The van der Waals surface area contributed by atoms with Gasteiger partial charge in [-0.1, -0.05) is 67.8 Å². The summed E-state index contributed by atoms with van der Waals surface area (Å²) in [4.78, 5) is 22.8. The molecule has 0 aliphatic heterocycles. The average Bonchev–Trinajstić information content (AvgIpc) is 3.17. The molecule has 0 aromatic carbocycles. The van der Waals surface area contributed by atoms with E-state index in [1.165, 1.54) is 32.1 Å². The second kappa shape index (κ2) is 11.3. The molecule has 0 bridgehead atoms. The molecular formula is C23H31ClO3. The fraction of sp³-hybridized carbons (Fsp3) is 0.565. The summed E-state index contributed by atoms with van der Waals surface area (Å²) in [5, 5.41) is 8.95. The lowest BCUT2D eigenvalue weighted by atomic mass is 9.96. The number of carboxylic acids is 1. The first kappa shape index (κ1) is 21.7. The summed E-state index contributed by atoms with van der Waals surface area (Å²) in [5.74, 6) is 0.675. The molecule has 1 N–H and O–H groups in total. The van der Waals surface area contributed by atoms with Gasteiger partial charge in [0.1, 0.15) is 0 Å². The first-order valence-corrected chi connectivity index (χ1v) is 10.6. The number of carbonyl (C=O) groups is 2. The molecule has 2 aliphatic carbocycles. The summed E-state index contributed by atoms with van der Waals surface area (Å²) in [6, 6.07) is 0. The van der Waals surface area contributed by atoms with Crippen LogP contribution in [0.15, 0.2) is 47.1 Å². The van der Waals surface area contributed by atoms with Crippen LogP contribution in [0, 0.1) is 17.8 Å². The number of aliphatic carboxylic acids is 1. The number of hydrogen-bond acceptors (Lipinski definition) is 2. The normalized spacial score (nSPS) is 27.3. The lowest BCUT2D eigenvalue weighted by Crippen LogP contribution is -2.02. The van der Waals surface area contributed by atoms with Crippen LogP contribution in [0.5, 0.6) is 0 Å². The van der Waals surface area contributed by atoms with Gasteiger partial charge in [-0.05, 0) is 50.4 Å². The minimum Gasteiger partial charge on any atom is -0.481 e. The zero-order valence-electron chi connectivity index (χ0n) is 16.2. The monoisotopic (exact) mass is 390 g/mol. The number of ketones is 1. The molecule has 3 atom stereocenters. The maximum Gasteiger partial charge on any atom is 0.303 e. The number of carboxylic acid groups (broad SMARTS) is 1. The van der Waals surface area contributed by atoms with Crippen LogP contribution in [-0.2, 0) is 9.59 Å². The van der Waals surface area contributed by atoms with Crippen molar-refractivity contribution in [2.75, 3.05) is 0 Å². The van der Waals surface area contributed by atoms with E-state index in [1.54, 1.807) is 0 Å². The third kappa shape index (κ3) is 7.14. The highest BCUT2D eigenvalue weighted by molar-refractivity contribution is 6.46. The van der Waals surface area contributed by atoms with Gasteiger partial charge in [0.25, 0.3) is 0 Å². The van der Waals surface area contributed by atoms with Crippen LogP contribution < -0.4 is 0 Å². The second-order valence-corrected chi connectivity index (χ2v) is 8.09. The van der Waals surface area contributed by atoms with E-state index in [9.17, 15) is 9.59 Å². The van der Waals surface area contributed by atoms with Crippen LogP contribution in [-0.4, -0.2) is 16.9 Å². The Bertz CT molecular complexity index is 642. The van der Waals surface area contributed by atoms with Crippen LogP contribution in [0.1, 0.15) is 64.7 Å². The first-order chi connectivity index (χ1) is 13.0.